The lowest BCUT2D eigenvalue weighted by atomic mass is 9.91. The smallest absolute Gasteiger partial charge is 0.240 e. The van der Waals surface area contributed by atoms with E-state index in [2.05, 4.69) is 90.9 Å². The molecule has 0 spiro atoms. The first-order chi connectivity index (χ1) is 25.8. The van der Waals surface area contributed by atoms with E-state index in [1.54, 1.807) is 12.1 Å². The molecule has 2 aromatic carbocycles. The third kappa shape index (κ3) is 12.2. The van der Waals surface area contributed by atoms with E-state index in [9.17, 15) is 8.42 Å². The molecule has 11 nitrogen and oxygen atoms in total. The van der Waals surface area contributed by atoms with Gasteiger partial charge in [0.2, 0.25) is 15.4 Å². The summed E-state index contributed by atoms with van der Waals surface area (Å²) < 4.78 is 65.4. The minimum absolute atomic E-state index is 0.144. The molecule has 1 heterocycles. The molecule has 0 saturated carbocycles. The van der Waals surface area contributed by atoms with Gasteiger partial charge in [0.05, 0.1) is 77.0 Å². The van der Waals surface area contributed by atoms with Crippen LogP contribution < -0.4 is 19.6 Å². The van der Waals surface area contributed by atoms with Crippen LogP contribution in [0.1, 0.15) is 33.3 Å². The Kier molecular flexibility index (Phi) is 18.0. The number of hydrogen-bond acceptors (Lipinski definition) is 10. The zero-order valence-electron chi connectivity index (χ0n) is 32.0. The second-order valence-corrected chi connectivity index (χ2v) is 14.6. The SMILES string of the molecule is CCN(CC)c1ccc2c(-c3ccc(S(=O)(=O)NCCOCCOCCOCCOCCOCCS)cc3C)c3ccc(=[N+](CC)CC)cc-3oc2c1. The minimum atomic E-state index is -3.76. The van der Waals surface area contributed by atoms with E-state index in [1.165, 1.54) is 0 Å². The number of aryl methyl sites for hydroxylation is 1. The lowest BCUT2D eigenvalue weighted by Crippen LogP contribution is -2.29. The molecule has 0 amide bonds. The molecule has 1 aliphatic heterocycles. The number of nitrogens with zero attached hydrogens (tertiary/aromatic N) is 2. The van der Waals surface area contributed by atoms with Gasteiger partial charge in [-0.25, -0.2) is 17.7 Å². The summed E-state index contributed by atoms with van der Waals surface area (Å²) in [5.74, 6) is 1.48. The molecule has 4 rings (SSSR count). The highest BCUT2D eigenvalue weighted by Crippen LogP contribution is 2.42. The van der Waals surface area contributed by atoms with Gasteiger partial charge < -0.3 is 33.0 Å². The normalized spacial score (nSPS) is 11.9. The van der Waals surface area contributed by atoms with Crippen molar-refractivity contribution >= 4 is 39.3 Å². The third-order valence-corrected chi connectivity index (χ3v) is 10.6. The van der Waals surface area contributed by atoms with Gasteiger partial charge in [-0.1, -0.05) is 6.07 Å². The summed E-state index contributed by atoms with van der Waals surface area (Å²) in [4.78, 5) is 2.50. The highest BCUT2D eigenvalue weighted by molar-refractivity contribution is 7.89. The molecule has 0 aromatic heterocycles. The monoisotopic (exact) mass is 772 g/mol. The summed E-state index contributed by atoms with van der Waals surface area (Å²) in [7, 11) is -3.76. The summed E-state index contributed by atoms with van der Waals surface area (Å²) in [6.07, 6.45) is 0. The van der Waals surface area contributed by atoms with E-state index in [1.807, 2.05) is 13.0 Å². The topological polar surface area (TPSA) is 112 Å². The fourth-order valence-electron chi connectivity index (χ4n) is 6.19. The van der Waals surface area contributed by atoms with Crippen LogP contribution in [0.15, 0.2) is 63.9 Å². The van der Waals surface area contributed by atoms with Crippen LogP contribution >= 0.6 is 12.6 Å². The standard InChI is InChI=1S/C40H57N3O8S2/c1-6-42(7-2)32-10-13-36-38(29-32)51-39-30-33(43(8-3)9-4)11-14-37(39)40(36)35-15-12-34(28-31(35)5)53(44,45)41-16-17-46-18-19-47-20-21-48-22-23-49-24-25-50-26-27-52/h10-15,28-30,41H,6-9,16-27H2,1-5H3/p+1. The van der Waals surface area contributed by atoms with Gasteiger partial charge in [0.25, 0.3) is 0 Å². The highest BCUT2D eigenvalue weighted by Gasteiger charge is 2.22. The van der Waals surface area contributed by atoms with Crippen molar-refractivity contribution in [1.82, 2.24) is 9.30 Å². The minimum Gasteiger partial charge on any atom is -0.456 e. The molecule has 0 bridgehead atoms. The van der Waals surface area contributed by atoms with Gasteiger partial charge in [-0.2, -0.15) is 12.6 Å². The van der Waals surface area contributed by atoms with Crippen LogP contribution in [0.3, 0.4) is 0 Å². The Morgan fingerprint density at radius 3 is 1.87 bits per heavy atom. The maximum atomic E-state index is 13.3. The third-order valence-electron chi connectivity index (χ3n) is 8.99. The molecule has 1 N–H and O–H groups in total. The van der Waals surface area contributed by atoms with Crippen LogP contribution in [0.25, 0.3) is 33.4 Å². The number of rotatable bonds is 25. The molecule has 2 aliphatic rings. The lowest BCUT2D eigenvalue weighted by Gasteiger charge is -2.22. The number of hydrogen-bond donors (Lipinski definition) is 2. The van der Waals surface area contributed by atoms with Crippen molar-refractivity contribution in [3.05, 3.63) is 65.5 Å². The van der Waals surface area contributed by atoms with E-state index in [4.69, 9.17) is 28.1 Å². The molecular weight excluding hydrogens is 715 g/mol. The largest absolute Gasteiger partial charge is 0.456 e. The van der Waals surface area contributed by atoms with E-state index >= 15 is 0 Å². The van der Waals surface area contributed by atoms with Crippen LogP contribution in [0.4, 0.5) is 5.69 Å². The number of fused-ring (bicyclic) bond motifs is 2. The Balaban J connectivity index is 1.37. The molecular formula is C40H58N3O8S2+. The van der Waals surface area contributed by atoms with E-state index in [0.717, 1.165) is 76.2 Å². The first-order valence-electron chi connectivity index (χ1n) is 18.7. The lowest BCUT2D eigenvalue weighted by molar-refractivity contribution is -0.00962. The summed E-state index contributed by atoms with van der Waals surface area (Å²) in [5, 5.41) is 2.07. The van der Waals surface area contributed by atoms with Crippen molar-refractivity contribution in [3.63, 3.8) is 0 Å². The maximum Gasteiger partial charge on any atom is 0.240 e. The van der Waals surface area contributed by atoms with Crippen LogP contribution in [-0.4, -0.2) is 113 Å². The van der Waals surface area contributed by atoms with Gasteiger partial charge in [-0.3, -0.25) is 0 Å². The molecule has 0 unspecified atom stereocenters. The molecule has 1 aliphatic carbocycles. The number of benzene rings is 3. The van der Waals surface area contributed by atoms with E-state index in [-0.39, 0.29) is 18.0 Å². The molecule has 13 heteroatoms. The Hall–Kier alpha value is -3.01. The molecule has 2 aromatic rings. The predicted molar refractivity (Wildman–Crippen MR) is 216 cm³/mol. The average Bonchev–Trinajstić information content (AvgIpc) is 3.16. The number of sulfonamides is 1. The summed E-state index contributed by atoms with van der Waals surface area (Å²) in [6, 6.07) is 18.0. The fraction of sp³-hybridized carbons (Fsp3) is 0.525. The van der Waals surface area contributed by atoms with Crippen molar-refractivity contribution in [2.24, 2.45) is 0 Å². The molecule has 53 heavy (non-hydrogen) atoms. The van der Waals surface area contributed by atoms with E-state index in [0.29, 0.717) is 65.2 Å². The van der Waals surface area contributed by atoms with E-state index < -0.39 is 10.0 Å². The average molecular weight is 773 g/mol. The van der Waals surface area contributed by atoms with Crippen LogP contribution in [0.2, 0.25) is 0 Å². The number of ether oxygens (including phenoxy) is 5. The number of nitrogens with one attached hydrogen (secondary N) is 1. The van der Waals surface area contributed by atoms with Crippen molar-refractivity contribution < 1.29 is 36.5 Å². The molecule has 292 valence electrons. The summed E-state index contributed by atoms with van der Waals surface area (Å²) >= 11 is 4.08. The van der Waals surface area contributed by atoms with Crippen molar-refractivity contribution in [2.45, 2.75) is 39.5 Å². The quantitative estimate of drug-likeness (QED) is 0.0393. The second-order valence-electron chi connectivity index (χ2n) is 12.3. The zero-order valence-corrected chi connectivity index (χ0v) is 33.7. The van der Waals surface area contributed by atoms with Crippen molar-refractivity contribution in [2.75, 3.05) is 109 Å². The van der Waals surface area contributed by atoms with Gasteiger partial charge in [0.15, 0.2) is 0 Å². The van der Waals surface area contributed by atoms with Gasteiger partial charge in [0, 0.05) is 59.7 Å². The van der Waals surface area contributed by atoms with Gasteiger partial charge in [0.1, 0.15) is 24.4 Å². The summed E-state index contributed by atoms with van der Waals surface area (Å²) in [5.41, 5.74) is 5.68. The second kappa shape index (κ2) is 22.4. The molecule has 0 radical (unpaired) electrons. The maximum absolute atomic E-state index is 13.3. The van der Waals surface area contributed by atoms with Crippen molar-refractivity contribution in [3.8, 4) is 22.5 Å². The molecule has 0 atom stereocenters. The Morgan fingerprint density at radius 1 is 0.717 bits per heavy atom. The highest BCUT2D eigenvalue weighted by atomic mass is 32.2. The molecule has 0 saturated heterocycles. The zero-order chi connectivity index (χ0) is 38.1. The number of thiol groups is 1. The Labute approximate surface area is 321 Å². The van der Waals surface area contributed by atoms with Gasteiger partial charge in [-0.05, 0) is 76.1 Å². The Bertz CT molecular complexity index is 1850. The van der Waals surface area contributed by atoms with Crippen molar-refractivity contribution in [1.29, 1.82) is 0 Å². The first-order valence-corrected chi connectivity index (χ1v) is 20.8. The fourth-order valence-corrected chi connectivity index (χ4v) is 7.42. The van der Waals surface area contributed by atoms with Crippen LogP contribution in [-0.2, 0) is 33.7 Å². The van der Waals surface area contributed by atoms with Gasteiger partial charge in [-0.15, -0.1) is 0 Å². The van der Waals surface area contributed by atoms with Crippen LogP contribution in [0.5, 0.6) is 0 Å². The molecule has 0 fully saturated rings. The predicted octanol–water partition coefficient (Wildman–Crippen LogP) is 5.46. The summed E-state index contributed by atoms with van der Waals surface area (Å²) in [6.45, 7) is 18.8. The number of anilines is 1. The Morgan fingerprint density at radius 2 is 1.30 bits per heavy atom. The van der Waals surface area contributed by atoms with Gasteiger partial charge >= 0.3 is 0 Å². The first kappa shape index (κ1) is 42.7. The van der Waals surface area contributed by atoms with Crippen LogP contribution in [0, 0.1) is 6.92 Å².